The molecule has 3 aromatic rings. The summed E-state index contributed by atoms with van der Waals surface area (Å²) < 4.78 is 0. The van der Waals surface area contributed by atoms with Crippen molar-refractivity contribution in [3.63, 3.8) is 0 Å². The minimum Gasteiger partial charge on any atom is -0.345 e. The quantitative estimate of drug-likeness (QED) is 0.631. The van der Waals surface area contributed by atoms with Crippen molar-refractivity contribution in [2.24, 2.45) is 0 Å². The maximum atomic E-state index is 6.25. The lowest BCUT2D eigenvalue weighted by atomic mass is 10.1. The zero-order valence-electron chi connectivity index (χ0n) is 8.57. The predicted octanol–water partition coefficient (Wildman–Crippen LogP) is 4.49. The topological polar surface area (TPSA) is 15.8 Å². The molecule has 2 aromatic carbocycles. The fourth-order valence-electron chi connectivity index (χ4n) is 2.00. The molecule has 3 rings (SSSR count). The highest BCUT2D eigenvalue weighted by Crippen LogP contribution is 2.34. The Kier molecular flexibility index (Phi) is 2.19. The summed E-state index contributed by atoms with van der Waals surface area (Å²) in [4.78, 5) is 3.19. The minimum absolute atomic E-state index is 0.701. The molecule has 1 aromatic heterocycles. The van der Waals surface area contributed by atoms with Gasteiger partial charge in [-0.2, -0.15) is 0 Å². The van der Waals surface area contributed by atoms with E-state index < -0.39 is 0 Å². The van der Waals surface area contributed by atoms with Gasteiger partial charge in [-0.15, -0.1) is 0 Å². The van der Waals surface area contributed by atoms with Crippen LogP contribution in [0.15, 0.2) is 54.6 Å². The van der Waals surface area contributed by atoms with Gasteiger partial charge in [-0.1, -0.05) is 60.1 Å². The molecular weight excluding hydrogens is 218 g/mol. The maximum Gasteiger partial charge on any atom is 0.115 e. The van der Waals surface area contributed by atoms with Gasteiger partial charge in [0.1, 0.15) is 5.15 Å². The van der Waals surface area contributed by atoms with E-state index in [-0.39, 0.29) is 0 Å². The lowest BCUT2D eigenvalue weighted by Gasteiger charge is -1.99. The van der Waals surface area contributed by atoms with Crippen LogP contribution in [0.2, 0.25) is 5.15 Å². The third-order valence-electron chi connectivity index (χ3n) is 2.72. The molecule has 0 saturated carbocycles. The number of H-pyrrole nitrogens is 1. The van der Waals surface area contributed by atoms with Crippen molar-refractivity contribution in [2.75, 3.05) is 0 Å². The van der Waals surface area contributed by atoms with Gasteiger partial charge < -0.3 is 4.98 Å². The number of fused-ring (bicyclic) bond motifs is 1. The van der Waals surface area contributed by atoms with Gasteiger partial charge in [-0.3, -0.25) is 0 Å². The van der Waals surface area contributed by atoms with Crippen molar-refractivity contribution in [3.8, 4) is 11.1 Å². The average molecular weight is 228 g/mol. The van der Waals surface area contributed by atoms with Crippen LogP contribution < -0.4 is 0 Å². The number of para-hydroxylation sites is 1. The van der Waals surface area contributed by atoms with E-state index >= 15 is 0 Å². The number of hydrogen-bond acceptors (Lipinski definition) is 0. The molecule has 0 amide bonds. The smallest absolute Gasteiger partial charge is 0.115 e. The Morgan fingerprint density at radius 2 is 1.50 bits per heavy atom. The molecule has 0 aliphatic heterocycles. The van der Waals surface area contributed by atoms with Gasteiger partial charge in [-0.25, -0.2) is 0 Å². The van der Waals surface area contributed by atoms with Crippen LogP contribution in [-0.4, -0.2) is 4.98 Å². The van der Waals surface area contributed by atoms with Crippen LogP contribution in [0, 0.1) is 0 Å². The molecule has 0 saturated heterocycles. The highest BCUT2D eigenvalue weighted by atomic mass is 35.5. The van der Waals surface area contributed by atoms with E-state index in [1.165, 1.54) is 5.39 Å². The molecule has 0 atom stereocenters. The van der Waals surface area contributed by atoms with Crippen LogP contribution in [0.25, 0.3) is 22.0 Å². The molecule has 0 aliphatic rings. The molecule has 2 heteroatoms. The summed E-state index contributed by atoms with van der Waals surface area (Å²) in [6, 6.07) is 18.3. The minimum atomic E-state index is 0.701. The molecular formula is C14H10ClN. The molecule has 78 valence electrons. The van der Waals surface area contributed by atoms with E-state index in [9.17, 15) is 0 Å². The Balaban J connectivity index is 2.35. The average Bonchev–Trinajstić information content (AvgIpc) is 2.66. The number of aromatic nitrogens is 1. The van der Waals surface area contributed by atoms with Gasteiger partial charge in [0, 0.05) is 16.5 Å². The normalized spacial score (nSPS) is 10.8. The molecule has 0 unspecified atom stereocenters. The molecule has 0 fully saturated rings. The number of nitrogens with one attached hydrogen (secondary N) is 1. The zero-order valence-corrected chi connectivity index (χ0v) is 9.33. The fourth-order valence-corrected chi connectivity index (χ4v) is 2.31. The van der Waals surface area contributed by atoms with Gasteiger partial charge in [0.05, 0.1) is 0 Å². The second-order valence-corrected chi connectivity index (χ2v) is 4.10. The maximum absolute atomic E-state index is 6.25. The van der Waals surface area contributed by atoms with E-state index in [4.69, 9.17) is 11.6 Å². The summed E-state index contributed by atoms with van der Waals surface area (Å²) in [5.41, 5.74) is 3.30. The number of rotatable bonds is 1. The molecule has 1 N–H and O–H groups in total. The standard InChI is InChI=1S/C14H10ClN/c15-14-13(10-6-2-1-3-7-10)11-8-4-5-9-12(11)16-14/h1-9,16H. The lowest BCUT2D eigenvalue weighted by molar-refractivity contribution is 1.47. The first-order valence-corrected chi connectivity index (χ1v) is 5.55. The third-order valence-corrected chi connectivity index (χ3v) is 3.01. The highest BCUT2D eigenvalue weighted by molar-refractivity contribution is 6.34. The second-order valence-electron chi connectivity index (χ2n) is 3.73. The SMILES string of the molecule is Clc1[nH]c2ccccc2c1-c1ccccc1. The van der Waals surface area contributed by atoms with Gasteiger partial charge in [0.15, 0.2) is 0 Å². The van der Waals surface area contributed by atoms with Crippen LogP contribution in [0.4, 0.5) is 0 Å². The van der Waals surface area contributed by atoms with E-state index in [0.29, 0.717) is 5.15 Å². The van der Waals surface area contributed by atoms with Crippen LogP contribution in [0.3, 0.4) is 0 Å². The summed E-state index contributed by atoms with van der Waals surface area (Å²) >= 11 is 6.25. The van der Waals surface area contributed by atoms with Crippen molar-refractivity contribution < 1.29 is 0 Å². The van der Waals surface area contributed by atoms with Crippen LogP contribution in [-0.2, 0) is 0 Å². The highest BCUT2D eigenvalue weighted by Gasteiger charge is 2.10. The van der Waals surface area contributed by atoms with E-state index in [1.807, 2.05) is 36.4 Å². The first-order chi connectivity index (χ1) is 7.86. The molecule has 0 radical (unpaired) electrons. The van der Waals surface area contributed by atoms with Crippen molar-refractivity contribution in [1.29, 1.82) is 0 Å². The first-order valence-electron chi connectivity index (χ1n) is 5.18. The van der Waals surface area contributed by atoms with Gasteiger partial charge in [-0.05, 0) is 11.6 Å². The number of benzene rings is 2. The number of halogens is 1. The van der Waals surface area contributed by atoms with Gasteiger partial charge >= 0.3 is 0 Å². The summed E-state index contributed by atoms with van der Waals surface area (Å²) in [6.07, 6.45) is 0. The molecule has 16 heavy (non-hydrogen) atoms. The van der Waals surface area contributed by atoms with Gasteiger partial charge in [0.25, 0.3) is 0 Å². The summed E-state index contributed by atoms with van der Waals surface area (Å²) in [5, 5.41) is 1.87. The second kappa shape index (κ2) is 3.69. The third kappa shape index (κ3) is 1.41. The molecule has 1 heterocycles. The van der Waals surface area contributed by atoms with Gasteiger partial charge in [0.2, 0.25) is 0 Å². The summed E-state index contributed by atoms with van der Waals surface area (Å²) in [5.74, 6) is 0. The zero-order chi connectivity index (χ0) is 11.0. The van der Waals surface area contributed by atoms with Crippen LogP contribution in [0.5, 0.6) is 0 Å². The largest absolute Gasteiger partial charge is 0.345 e. The monoisotopic (exact) mass is 227 g/mol. The fraction of sp³-hybridized carbons (Fsp3) is 0. The van der Waals surface area contributed by atoms with Crippen LogP contribution in [0.1, 0.15) is 0 Å². The Hall–Kier alpha value is -1.73. The van der Waals surface area contributed by atoms with Crippen molar-refractivity contribution in [1.82, 2.24) is 4.98 Å². The predicted molar refractivity (Wildman–Crippen MR) is 68.7 cm³/mol. The Morgan fingerprint density at radius 3 is 2.31 bits per heavy atom. The number of hydrogen-bond donors (Lipinski definition) is 1. The molecule has 1 nitrogen and oxygen atoms in total. The lowest BCUT2D eigenvalue weighted by Crippen LogP contribution is -1.74. The van der Waals surface area contributed by atoms with Crippen LogP contribution >= 0.6 is 11.6 Å². The molecule has 0 bridgehead atoms. The first kappa shape index (κ1) is 9.49. The van der Waals surface area contributed by atoms with Crippen molar-refractivity contribution in [3.05, 3.63) is 59.8 Å². The molecule has 0 spiro atoms. The van der Waals surface area contributed by atoms with E-state index in [1.54, 1.807) is 0 Å². The summed E-state index contributed by atoms with van der Waals surface area (Å²) in [7, 11) is 0. The van der Waals surface area contributed by atoms with Crippen molar-refractivity contribution >= 4 is 22.5 Å². The molecule has 0 aliphatic carbocycles. The Labute approximate surface area is 98.7 Å². The van der Waals surface area contributed by atoms with E-state index in [2.05, 4.69) is 23.2 Å². The Bertz CT molecular complexity index is 626. The van der Waals surface area contributed by atoms with E-state index in [0.717, 1.165) is 16.6 Å². The Morgan fingerprint density at radius 1 is 0.812 bits per heavy atom. The number of aromatic amines is 1. The van der Waals surface area contributed by atoms with Crippen molar-refractivity contribution in [2.45, 2.75) is 0 Å². The summed E-state index contributed by atoms with van der Waals surface area (Å²) in [6.45, 7) is 0.